The van der Waals surface area contributed by atoms with Crippen LogP contribution in [0.3, 0.4) is 0 Å². The van der Waals surface area contributed by atoms with E-state index >= 15 is 0 Å². The maximum atomic E-state index is 12.6. The number of carbonyl (C=O) groups is 1. The number of aryl methyl sites for hydroxylation is 2. The molecule has 180 valence electrons. The molecule has 0 fully saturated rings. The van der Waals surface area contributed by atoms with Crippen molar-refractivity contribution in [1.82, 2.24) is 24.1 Å². The van der Waals surface area contributed by atoms with Gasteiger partial charge in [-0.25, -0.2) is 17.7 Å². The summed E-state index contributed by atoms with van der Waals surface area (Å²) >= 11 is 1.66. The van der Waals surface area contributed by atoms with Crippen LogP contribution in [-0.2, 0) is 28.3 Å². The van der Waals surface area contributed by atoms with Crippen LogP contribution < -0.4 is 5.32 Å². The zero-order chi connectivity index (χ0) is 24.2. The number of likely N-dealkylation sites (N-methyl/N-ethyl adjacent to an activating group) is 1. The average molecular weight is 492 g/mol. The van der Waals surface area contributed by atoms with Gasteiger partial charge in [0, 0.05) is 40.5 Å². The van der Waals surface area contributed by atoms with E-state index in [4.69, 9.17) is 0 Å². The quantitative estimate of drug-likeness (QED) is 0.446. The van der Waals surface area contributed by atoms with Crippen LogP contribution in [0.1, 0.15) is 37.7 Å². The summed E-state index contributed by atoms with van der Waals surface area (Å²) in [6.45, 7) is 6.65. The number of sulfonamides is 1. The minimum absolute atomic E-state index is 0.0229. The molecule has 2 aromatic heterocycles. The van der Waals surface area contributed by atoms with Crippen molar-refractivity contribution < 1.29 is 13.2 Å². The molecule has 0 saturated carbocycles. The minimum Gasteiger partial charge on any atom is -0.354 e. The molecule has 0 aliphatic heterocycles. The number of benzene rings is 1. The number of nitrogens with one attached hydrogen (secondary N) is 1. The van der Waals surface area contributed by atoms with Gasteiger partial charge in [-0.15, -0.1) is 0 Å². The van der Waals surface area contributed by atoms with Crippen LogP contribution in [0.25, 0.3) is 11.0 Å². The number of carbonyl (C=O) groups excluding carboxylic acids is 1. The number of amides is 1. The lowest BCUT2D eigenvalue weighted by molar-refractivity contribution is -0.121. The van der Waals surface area contributed by atoms with Crippen LogP contribution in [0.15, 0.2) is 39.9 Å². The van der Waals surface area contributed by atoms with Crippen LogP contribution in [0.5, 0.6) is 0 Å². The van der Waals surface area contributed by atoms with Crippen LogP contribution >= 0.6 is 11.3 Å². The molecule has 0 saturated heterocycles. The zero-order valence-corrected chi connectivity index (χ0v) is 21.5. The van der Waals surface area contributed by atoms with E-state index in [1.165, 1.54) is 24.0 Å². The number of aromatic nitrogens is 2. The van der Waals surface area contributed by atoms with E-state index in [2.05, 4.69) is 45.9 Å². The predicted octanol–water partition coefficient (Wildman–Crippen LogP) is 3.02. The topological polar surface area (TPSA) is 87.5 Å². The van der Waals surface area contributed by atoms with Crippen LogP contribution in [0.4, 0.5) is 0 Å². The Morgan fingerprint density at radius 2 is 1.94 bits per heavy atom. The summed E-state index contributed by atoms with van der Waals surface area (Å²) in [7, 11) is 1.37. The summed E-state index contributed by atoms with van der Waals surface area (Å²) in [6.07, 6.45) is 0.787. The number of fused-ring (bicyclic) bond motifs is 1. The van der Waals surface area contributed by atoms with Gasteiger partial charge in [0.15, 0.2) is 0 Å². The molecule has 33 heavy (non-hydrogen) atoms. The third-order valence-electron chi connectivity index (χ3n) is 5.97. The molecule has 1 unspecified atom stereocenters. The molecule has 8 nitrogen and oxygen atoms in total. The SMILES string of the molecule is CCN(CC)C(CNC(=O)CCc1nc2cc(S(=O)(=O)N(C)C)ccc2n1C)c1ccsc1. The number of rotatable bonds is 11. The molecule has 1 N–H and O–H groups in total. The molecule has 0 aliphatic rings. The molecule has 0 aliphatic carbocycles. The van der Waals surface area contributed by atoms with Crippen molar-refractivity contribution in [2.75, 3.05) is 33.7 Å². The average Bonchev–Trinajstić information content (AvgIpc) is 3.43. The van der Waals surface area contributed by atoms with E-state index in [-0.39, 0.29) is 16.8 Å². The first kappa shape index (κ1) is 25.4. The predicted molar refractivity (Wildman–Crippen MR) is 133 cm³/mol. The third kappa shape index (κ3) is 5.63. The first-order chi connectivity index (χ1) is 15.7. The number of hydrogen-bond donors (Lipinski definition) is 1. The lowest BCUT2D eigenvalue weighted by atomic mass is 10.1. The van der Waals surface area contributed by atoms with Gasteiger partial charge in [0.1, 0.15) is 5.82 Å². The summed E-state index contributed by atoms with van der Waals surface area (Å²) < 4.78 is 27.9. The first-order valence-corrected chi connectivity index (χ1v) is 13.5. The van der Waals surface area contributed by atoms with Crippen molar-refractivity contribution >= 4 is 38.3 Å². The highest BCUT2D eigenvalue weighted by Crippen LogP contribution is 2.23. The zero-order valence-electron chi connectivity index (χ0n) is 19.9. The maximum Gasteiger partial charge on any atom is 0.242 e. The second kappa shape index (κ2) is 10.8. The Balaban J connectivity index is 1.67. The normalized spacial score (nSPS) is 13.2. The minimum atomic E-state index is -3.53. The van der Waals surface area contributed by atoms with Gasteiger partial charge in [-0.2, -0.15) is 11.3 Å². The number of imidazole rings is 1. The van der Waals surface area contributed by atoms with Crippen molar-refractivity contribution in [3.8, 4) is 0 Å². The smallest absolute Gasteiger partial charge is 0.242 e. The number of thiophene rings is 1. The van der Waals surface area contributed by atoms with Gasteiger partial charge < -0.3 is 9.88 Å². The highest BCUT2D eigenvalue weighted by molar-refractivity contribution is 7.89. The second-order valence-electron chi connectivity index (χ2n) is 8.12. The lowest BCUT2D eigenvalue weighted by Gasteiger charge is -2.29. The van der Waals surface area contributed by atoms with Crippen molar-refractivity contribution in [2.45, 2.75) is 37.6 Å². The standard InChI is InChI=1S/C23H33N5O3S2/c1-6-28(7-2)21(17-12-13-32-16-17)15-24-23(29)11-10-22-25-19-14-18(33(30,31)26(3)4)8-9-20(19)27(22)5/h8-9,12-14,16,21H,6-7,10-11,15H2,1-5H3,(H,24,29). The van der Waals surface area contributed by atoms with Gasteiger partial charge in [-0.05, 0) is 53.7 Å². The van der Waals surface area contributed by atoms with Gasteiger partial charge in [-0.3, -0.25) is 9.69 Å². The van der Waals surface area contributed by atoms with E-state index in [9.17, 15) is 13.2 Å². The molecule has 1 atom stereocenters. The Kier molecular flexibility index (Phi) is 8.28. The van der Waals surface area contributed by atoms with E-state index in [0.29, 0.717) is 24.9 Å². The first-order valence-electron chi connectivity index (χ1n) is 11.1. The Morgan fingerprint density at radius 1 is 1.21 bits per heavy atom. The van der Waals surface area contributed by atoms with Gasteiger partial charge >= 0.3 is 0 Å². The summed E-state index contributed by atoms with van der Waals surface area (Å²) in [6, 6.07) is 7.21. The third-order valence-corrected chi connectivity index (χ3v) is 8.49. The monoisotopic (exact) mass is 491 g/mol. The van der Waals surface area contributed by atoms with Crippen LogP contribution in [0.2, 0.25) is 0 Å². The van der Waals surface area contributed by atoms with Crippen LogP contribution in [0, 0.1) is 0 Å². The van der Waals surface area contributed by atoms with E-state index in [0.717, 1.165) is 24.4 Å². The molecular weight excluding hydrogens is 458 g/mol. The Labute approximate surface area is 200 Å². The largest absolute Gasteiger partial charge is 0.354 e. The van der Waals surface area contributed by atoms with E-state index < -0.39 is 10.0 Å². The molecule has 0 spiro atoms. The molecule has 3 rings (SSSR count). The Hall–Kier alpha value is -2.27. The van der Waals surface area contributed by atoms with E-state index in [1.807, 2.05) is 11.6 Å². The summed E-state index contributed by atoms with van der Waals surface area (Å²) in [4.78, 5) is 19.8. The highest BCUT2D eigenvalue weighted by Gasteiger charge is 2.21. The van der Waals surface area contributed by atoms with Crippen molar-refractivity contribution in [2.24, 2.45) is 7.05 Å². The summed E-state index contributed by atoms with van der Waals surface area (Å²) in [5.74, 6) is 0.725. The molecule has 0 radical (unpaired) electrons. The molecular formula is C23H33N5O3S2. The number of nitrogens with zero attached hydrogens (tertiary/aromatic N) is 4. The lowest BCUT2D eigenvalue weighted by Crippen LogP contribution is -2.38. The molecule has 10 heteroatoms. The van der Waals surface area contributed by atoms with Gasteiger partial charge in [-0.1, -0.05) is 13.8 Å². The van der Waals surface area contributed by atoms with Gasteiger partial charge in [0.25, 0.3) is 0 Å². The second-order valence-corrected chi connectivity index (χ2v) is 11.1. The molecule has 1 aromatic carbocycles. The van der Waals surface area contributed by atoms with Crippen LogP contribution in [-0.4, -0.2) is 66.8 Å². The molecule has 2 heterocycles. The fourth-order valence-electron chi connectivity index (χ4n) is 3.94. The van der Waals surface area contributed by atoms with Crippen molar-refractivity contribution in [3.05, 3.63) is 46.4 Å². The fraction of sp³-hybridized carbons (Fsp3) is 0.478. The van der Waals surface area contributed by atoms with Gasteiger partial charge in [0.2, 0.25) is 15.9 Å². The molecule has 1 amide bonds. The maximum absolute atomic E-state index is 12.6. The molecule has 3 aromatic rings. The Morgan fingerprint density at radius 3 is 2.55 bits per heavy atom. The Bertz CT molecular complexity index is 1180. The summed E-state index contributed by atoms with van der Waals surface area (Å²) in [5.41, 5.74) is 2.67. The molecule has 0 bridgehead atoms. The summed E-state index contributed by atoms with van der Waals surface area (Å²) in [5, 5.41) is 7.29. The van der Waals surface area contributed by atoms with Crippen molar-refractivity contribution in [1.29, 1.82) is 0 Å². The van der Waals surface area contributed by atoms with E-state index in [1.54, 1.807) is 29.5 Å². The highest BCUT2D eigenvalue weighted by atomic mass is 32.2. The fourth-order valence-corrected chi connectivity index (χ4v) is 5.56. The number of hydrogen-bond acceptors (Lipinski definition) is 6. The van der Waals surface area contributed by atoms with Crippen molar-refractivity contribution in [3.63, 3.8) is 0 Å². The van der Waals surface area contributed by atoms with Gasteiger partial charge in [0.05, 0.1) is 22.0 Å².